The van der Waals surface area contributed by atoms with Gasteiger partial charge in [-0.25, -0.2) is 13.2 Å². The Kier molecular flexibility index (Phi) is 4.96. The molecule has 0 spiro atoms. The number of nitrogens with two attached hydrogens (primary N) is 1. The van der Waals surface area contributed by atoms with E-state index in [9.17, 15) is 27.6 Å². The number of anilines is 2. The van der Waals surface area contributed by atoms with Gasteiger partial charge < -0.3 is 16.0 Å². The molecule has 0 bridgehead atoms. The van der Waals surface area contributed by atoms with Crippen LogP contribution in [0.1, 0.15) is 36.3 Å². The highest BCUT2D eigenvalue weighted by atomic mass is 19.2. The molecule has 0 radical (unpaired) electrons. The van der Waals surface area contributed by atoms with Gasteiger partial charge >= 0.3 is 0 Å². The predicted molar refractivity (Wildman–Crippen MR) is 100 cm³/mol. The molecule has 1 aromatic carbocycles. The van der Waals surface area contributed by atoms with Crippen molar-refractivity contribution in [1.29, 1.82) is 0 Å². The van der Waals surface area contributed by atoms with Crippen LogP contribution in [-0.4, -0.2) is 34.9 Å². The molecule has 1 fully saturated rings. The van der Waals surface area contributed by atoms with Gasteiger partial charge in [-0.1, -0.05) is 6.07 Å². The summed E-state index contributed by atoms with van der Waals surface area (Å²) < 4.78 is 41.4. The van der Waals surface area contributed by atoms with Crippen molar-refractivity contribution in [2.45, 2.75) is 25.2 Å². The first kappa shape index (κ1) is 19.9. The molecule has 0 aliphatic carbocycles. The Morgan fingerprint density at radius 1 is 1.13 bits per heavy atom. The van der Waals surface area contributed by atoms with Crippen molar-refractivity contribution in [3.63, 3.8) is 0 Å². The number of halogens is 3. The molecule has 1 atom stereocenters. The molecule has 11 heteroatoms. The Labute approximate surface area is 168 Å². The van der Waals surface area contributed by atoms with E-state index < -0.39 is 34.8 Å². The molecule has 8 nitrogen and oxygen atoms in total. The Hall–Kier alpha value is -3.37. The summed E-state index contributed by atoms with van der Waals surface area (Å²) in [6.45, 7) is 0.842. The summed E-state index contributed by atoms with van der Waals surface area (Å²) in [6, 6.07) is 1.77. The van der Waals surface area contributed by atoms with Gasteiger partial charge in [0.25, 0.3) is 5.56 Å². The predicted octanol–water partition coefficient (Wildman–Crippen LogP) is 1.36. The Balaban J connectivity index is 1.72. The number of hydrogen-bond acceptors (Lipinski definition) is 5. The van der Waals surface area contributed by atoms with Gasteiger partial charge in [0, 0.05) is 31.3 Å². The Bertz CT molecular complexity index is 1100. The molecule has 158 valence electrons. The van der Waals surface area contributed by atoms with Crippen molar-refractivity contribution in [2.75, 3.05) is 23.3 Å². The maximum Gasteiger partial charge on any atom is 0.258 e. The highest BCUT2D eigenvalue weighted by molar-refractivity contribution is 5.94. The van der Waals surface area contributed by atoms with E-state index >= 15 is 0 Å². The van der Waals surface area contributed by atoms with Crippen molar-refractivity contribution < 1.29 is 22.8 Å². The van der Waals surface area contributed by atoms with Gasteiger partial charge in [0.05, 0.1) is 5.56 Å². The minimum atomic E-state index is -1.67. The van der Waals surface area contributed by atoms with Crippen LogP contribution in [0, 0.1) is 23.4 Å². The number of H-pyrrole nitrogens is 1. The summed E-state index contributed by atoms with van der Waals surface area (Å²) >= 11 is 0. The number of carbonyl (C=O) groups excluding carboxylic acids is 2. The molecule has 3 heterocycles. The standard InChI is InChI=1S/C19H18F3N5O3/c20-11-2-1-9(14(21)15(11)22)10-7-12(28)24-17-13(10)18(30)26-19(25-17)27-5-3-8(4-6-27)16(23)29/h1-2,8,10H,3-7H2,(H2,23,29)(H2,24,25,26,28,30)/t10-/m0/s1. The van der Waals surface area contributed by atoms with Gasteiger partial charge in [-0.3, -0.25) is 19.4 Å². The highest BCUT2D eigenvalue weighted by Gasteiger charge is 2.34. The van der Waals surface area contributed by atoms with E-state index in [-0.39, 0.29) is 41.1 Å². The van der Waals surface area contributed by atoms with Crippen molar-refractivity contribution in [3.8, 4) is 0 Å². The number of nitrogens with zero attached hydrogens (tertiary/aromatic N) is 2. The van der Waals surface area contributed by atoms with E-state index in [4.69, 9.17) is 5.73 Å². The van der Waals surface area contributed by atoms with E-state index in [0.29, 0.717) is 25.9 Å². The molecule has 0 saturated carbocycles. The molecule has 2 amide bonds. The fourth-order valence-corrected chi connectivity index (χ4v) is 3.96. The molecular weight excluding hydrogens is 403 g/mol. The van der Waals surface area contributed by atoms with E-state index in [1.54, 1.807) is 4.90 Å². The van der Waals surface area contributed by atoms with Gasteiger partial charge in [-0.15, -0.1) is 0 Å². The van der Waals surface area contributed by atoms with Crippen LogP contribution in [0.2, 0.25) is 0 Å². The normalized spacial score (nSPS) is 19.4. The van der Waals surface area contributed by atoms with Crippen LogP contribution < -0.4 is 21.5 Å². The van der Waals surface area contributed by atoms with E-state index in [0.717, 1.165) is 12.1 Å². The summed E-state index contributed by atoms with van der Waals surface area (Å²) in [6.07, 6.45) is 0.666. The van der Waals surface area contributed by atoms with Gasteiger partial charge in [-0.05, 0) is 24.5 Å². The molecule has 2 aromatic rings. The third kappa shape index (κ3) is 3.40. The van der Waals surface area contributed by atoms with Gasteiger partial charge in [-0.2, -0.15) is 4.98 Å². The smallest absolute Gasteiger partial charge is 0.258 e. The fraction of sp³-hybridized carbons (Fsp3) is 0.368. The molecular formula is C19H18F3N5O3. The number of piperidine rings is 1. The lowest BCUT2D eigenvalue weighted by Crippen LogP contribution is -2.41. The summed E-state index contributed by atoms with van der Waals surface area (Å²) in [5, 5.41) is 2.49. The zero-order valence-electron chi connectivity index (χ0n) is 15.7. The van der Waals surface area contributed by atoms with E-state index in [1.807, 2.05) is 0 Å². The van der Waals surface area contributed by atoms with E-state index in [1.165, 1.54) is 0 Å². The number of primary amides is 1. The molecule has 1 aromatic heterocycles. The lowest BCUT2D eigenvalue weighted by atomic mass is 9.86. The second-order valence-electron chi connectivity index (χ2n) is 7.38. The van der Waals surface area contributed by atoms with Crippen LogP contribution in [-0.2, 0) is 9.59 Å². The average molecular weight is 421 g/mol. The summed E-state index contributed by atoms with van der Waals surface area (Å²) in [5.74, 6) is -6.64. The molecule has 2 aliphatic heterocycles. The topological polar surface area (TPSA) is 121 Å². The lowest BCUT2D eigenvalue weighted by Gasteiger charge is -2.32. The number of aromatic amines is 1. The lowest BCUT2D eigenvalue weighted by molar-refractivity contribution is -0.122. The molecule has 1 saturated heterocycles. The second kappa shape index (κ2) is 7.47. The van der Waals surface area contributed by atoms with Gasteiger partial charge in [0.15, 0.2) is 17.5 Å². The molecule has 30 heavy (non-hydrogen) atoms. The summed E-state index contributed by atoms with van der Waals surface area (Å²) in [5.41, 5.74) is 4.37. The number of nitrogens with one attached hydrogen (secondary N) is 2. The van der Waals surface area contributed by atoms with Crippen LogP contribution in [0.3, 0.4) is 0 Å². The SMILES string of the molecule is NC(=O)C1CCN(c2nc3c(c(=O)[nH]2)[C@H](c2ccc(F)c(F)c2F)CC(=O)N3)CC1. The number of aromatic nitrogens is 2. The monoisotopic (exact) mass is 421 g/mol. The number of hydrogen-bond donors (Lipinski definition) is 3. The average Bonchev–Trinajstić information content (AvgIpc) is 2.71. The highest BCUT2D eigenvalue weighted by Crippen LogP contribution is 2.36. The zero-order valence-corrected chi connectivity index (χ0v) is 15.7. The third-order valence-corrected chi connectivity index (χ3v) is 5.58. The first-order valence-corrected chi connectivity index (χ1v) is 9.38. The van der Waals surface area contributed by atoms with E-state index in [2.05, 4.69) is 15.3 Å². The molecule has 0 unspecified atom stereocenters. The van der Waals surface area contributed by atoms with Crippen LogP contribution in [0.15, 0.2) is 16.9 Å². The van der Waals surface area contributed by atoms with Crippen molar-refractivity contribution in [3.05, 3.63) is 51.1 Å². The third-order valence-electron chi connectivity index (χ3n) is 5.58. The summed E-state index contributed by atoms with van der Waals surface area (Å²) in [7, 11) is 0. The Morgan fingerprint density at radius 3 is 2.50 bits per heavy atom. The number of carbonyl (C=O) groups is 2. The van der Waals surface area contributed by atoms with Crippen molar-refractivity contribution in [2.24, 2.45) is 11.7 Å². The maximum atomic E-state index is 14.3. The number of rotatable bonds is 3. The van der Waals surface area contributed by atoms with Gasteiger partial charge in [0.1, 0.15) is 5.82 Å². The number of benzene rings is 1. The second-order valence-corrected chi connectivity index (χ2v) is 7.38. The van der Waals surface area contributed by atoms with Crippen LogP contribution >= 0.6 is 0 Å². The Morgan fingerprint density at radius 2 is 1.83 bits per heavy atom. The first-order chi connectivity index (χ1) is 14.3. The van der Waals surface area contributed by atoms with Gasteiger partial charge in [0.2, 0.25) is 17.8 Å². The maximum absolute atomic E-state index is 14.3. The zero-order chi connectivity index (χ0) is 21.6. The largest absolute Gasteiger partial charge is 0.369 e. The summed E-state index contributed by atoms with van der Waals surface area (Å²) in [4.78, 5) is 45.0. The molecule has 4 rings (SSSR count). The minimum absolute atomic E-state index is 0.0321. The molecule has 4 N–H and O–H groups in total. The molecule has 2 aliphatic rings. The minimum Gasteiger partial charge on any atom is -0.369 e. The number of fused-ring (bicyclic) bond motifs is 1. The fourth-order valence-electron chi connectivity index (χ4n) is 3.96. The van der Waals surface area contributed by atoms with Crippen molar-refractivity contribution >= 4 is 23.6 Å². The number of amides is 2. The van der Waals surface area contributed by atoms with Crippen LogP contribution in [0.25, 0.3) is 0 Å². The first-order valence-electron chi connectivity index (χ1n) is 9.38. The van der Waals surface area contributed by atoms with Crippen LogP contribution in [0.4, 0.5) is 24.9 Å². The van der Waals surface area contributed by atoms with Crippen LogP contribution in [0.5, 0.6) is 0 Å². The quantitative estimate of drug-likeness (QED) is 0.647. The van der Waals surface area contributed by atoms with Crippen molar-refractivity contribution in [1.82, 2.24) is 9.97 Å².